The van der Waals surface area contributed by atoms with E-state index in [4.69, 9.17) is 4.74 Å². The summed E-state index contributed by atoms with van der Waals surface area (Å²) in [7, 11) is 0. The van der Waals surface area contributed by atoms with E-state index in [1.165, 1.54) is 31.5 Å². The van der Waals surface area contributed by atoms with Crippen molar-refractivity contribution >= 4 is 31.9 Å². The second kappa shape index (κ2) is 3.97. The summed E-state index contributed by atoms with van der Waals surface area (Å²) in [4.78, 5) is 2.56. The Morgan fingerprint density at radius 3 is 2.67 bits per heavy atom. The molecule has 1 spiro atoms. The van der Waals surface area contributed by atoms with Crippen LogP contribution in [0.4, 0.5) is 0 Å². The molecular weight excluding hydrogens is 358 g/mol. The Hall–Kier alpha value is -0.0600. The summed E-state index contributed by atoms with van der Waals surface area (Å²) in [6, 6.07) is 4.30. The molecule has 4 heteroatoms. The molecule has 3 saturated heterocycles. The molecule has 1 atom stereocenters. The van der Waals surface area contributed by atoms with Gasteiger partial charge in [0.25, 0.3) is 0 Å². The monoisotopic (exact) mass is 371 g/mol. The molecule has 96 valence electrons. The number of piperidine rings is 3. The van der Waals surface area contributed by atoms with Crippen LogP contribution in [-0.2, 0) is 6.42 Å². The number of rotatable bonds is 0. The van der Waals surface area contributed by atoms with Crippen LogP contribution in [-0.4, -0.2) is 30.1 Å². The second-order valence-electron chi connectivity index (χ2n) is 5.77. The summed E-state index contributed by atoms with van der Waals surface area (Å²) in [5.74, 6) is 1.81. The zero-order valence-corrected chi connectivity index (χ0v) is 13.3. The van der Waals surface area contributed by atoms with E-state index < -0.39 is 0 Å². The molecule has 4 heterocycles. The second-order valence-corrected chi connectivity index (χ2v) is 7.54. The zero-order valence-electron chi connectivity index (χ0n) is 10.1. The lowest BCUT2D eigenvalue weighted by atomic mass is 9.73. The molecule has 0 saturated carbocycles. The molecule has 4 aliphatic heterocycles. The Morgan fingerprint density at radius 2 is 2.00 bits per heavy atom. The van der Waals surface area contributed by atoms with Gasteiger partial charge in [0.15, 0.2) is 0 Å². The molecule has 0 unspecified atom stereocenters. The van der Waals surface area contributed by atoms with Gasteiger partial charge in [0, 0.05) is 28.9 Å². The molecule has 4 aliphatic rings. The Kier molecular flexibility index (Phi) is 2.59. The minimum absolute atomic E-state index is 0.0577. The topological polar surface area (TPSA) is 12.5 Å². The lowest BCUT2D eigenvalue weighted by Gasteiger charge is -2.50. The fourth-order valence-corrected chi connectivity index (χ4v) is 5.26. The van der Waals surface area contributed by atoms with Gasteiger partial charge in [0.1, 0.15) is 11.4 Å². The molecular formula is C14H15Br2NO. The van der Waals surface area contributed by atoms with Crippen molar-refractivity contribution in [1.82, 2.24) is 4.90 Å². The van der Waals surface area contributed by atoms with Crippen LogP contribution in [0.15, 0.2) is 21.1 Å². The Balaban J connectivity index is 1.74. The normalized spacial score (nSPS) is 36.8. The van der Waals surface area contributed by atoms with Crippen LogP contribution < -0.4 is 4.74 Å². The average molecular weight is 373 g/mol. The van der Waals surface area contributed by atoms with Crippen molar-refractivity contribution in [2.24, 2.45) is 5.92 Å². The highest BCUT2D eigenvalue weighted by atomic mass is 79.9. The first-order chi connectivity index (χ1) is 8.66. The van der Waals surface area contributed by atoms with Gasteiger partial charge in [-0.05, 0) is 54.0 Å². The van der Waals surface area contributed by atoms with E-state index >= 15 is 0 Å². The predicted molar refractivity (Wildman–Crippen MR) is 78.1 cm³/mol. The maximum absolute atomic E-state index is 6.45. The fraction of sp³-hybridized carbons (Fsp3) is 0.571. The van der Waals surface area contributed by atoms with Crippen molar-refractivity contribution in [1.29, 1.82) is 0 Å². The van der Waals surface area contributed by atoms with E-state index in [0.29, 0.717) is 0 Å². The van der Waals surface area contributed by atoms with Gasteiger partial charge in [-0.15, -0.1) is 0 Å². The molecule has 0 aromatic heterocycles. The quantitative estimate of drug-likeness (QED) is 0.689. The van der Waals surface area contributed by atoms with E-state index in [1.54, 1.807) is 0 Å². The van der Waals surface area contributed by atoms with Crippen LogP contribution in [0.1, 0.15) is 18.4 Å². The number of ether oxygens (including phenoxy) is 1. The third-order valence-corrected chi connectivity index (χ3v) is 5.75. The first kappa shape index (κ1) is 11.7. The average Bonchev–Trinajstić information content (AvgIpc) is 2.69. The van der Waals surface area contributed by atoms with Crippen molar-refractivity contribution in [3.63, 3.8) is 0 Å². The van der Waals surface area contributed by atoms with Gasteiger partial charge < -0.3 is 4.74 Å². The van der Waals surface area contributed by atoms with E-state index in [0.717, 1.165) is 33.6 Å². The van der Waals surface area contributed by atoms with Crippen LogP contribution in [0, 0.1) is 5.92 Å². The molecule has 1 aromatic rings. The summed E-state index contributed by atoms with van der Waals surface area (Å²) in [6.07, 6.45) is 3.67. The number of hydrogen-bond acceptors (Lipinski definition) is 2. The van der Waals surface area contributed by atoms with Crippen LogP contribution in [0.25, 0.3) is 0 Å². The highest BCUT2D eigenvalue weighted by molar-refractivity contribution is 9.11. The van der Waals surface area contributed by atoms with Gasteiger partial charge in [0.05, 0.1) is 4.47 Å². The van der Waals surface area contributed by atoms with Crippen molar-refractivity contribution in [2.75, 3.05) is 19.6 Å². The third-order valence-electron chi connectivity index (χ3n) is 4.70. The summed E-state index contributed by atoms with van der Waals surface area (Å²) in [6.45, 7) is 3.63. The molecule has 0 radical (unpaired) electrons. The number of halogens is 2. The van der Waals surface area contributed by atoms with Gasteiger partial charge in [-0.25, -0.2) is 0 Å². The number of hydrogen-bond donors (Lipinski definition) is 0. The Bertz CT molecular complexity index is 511. The number of nitrogens with zero attached hydrogens (tertiary/aromatic N) is 1. The van der Waals surface area contributed by atoms with Gasteiger partial charge in [-0.2, -0.15) is 0 Å². The van der Waals surface area contributed by atoms with Crippen molar-refractivity contribution < 1.29 is 4.74 Å². The summed E-state index contributed by atoms with van der Waals surface area (Å²) < 4.78 is 8.66. The number of fused-ring (bicyclic) bond motifs is 3. The Morgan fingerprint density at radius 1 is 1.22 bits per heavy atom. The maximum Gasteiger partial charge on any atom is 0.137 e. The fourth-order valence-electron chi connectivity index (χ4n) is 3.86. The zero-order chi connectivity index (χ0) is 12.3. The molecule has 0 N–H and O–H groups in total. The molecule has 0 amide bonds. The van der Waals surface area contributed by atoms with E-state index in [2.05, 4.69) is 48.9 Å². The Labute approximate surface area is 124 Å². The minimum atomic E-state index is 0.0577. The third kappa shape index (κ3) is 1.61. The SMILES string of the molecule is Brc1cc(Br)c2c(c1)C[C@@]1(CN3CCC1CC3)O2. The maximum atomic E-state index is 6.45. The molecule has 18 heavy (non-hydrogen) atoms. The van der Waals surface area contributed by atoms with Crippen molar-refractivity contribution in [3.8, 4) is 5.75 Å². The van der Waals surface area contributed by atoms with E-state index in [1.807, 2.05) is 0 Å². The smallest absolute Gasteiger partial charge is 0.137 e. The molecule has 1 aromatic carbocycles. The first-order valence-electron chi connectivity index (χ1n) is 6.56. The molecule has 3 fully saturated rings. The minimum Gasteiger partial charge on any atom is -0.484 e. The van der Waals surface area contributed by atoms with Crippen molar-refractivity contribution in [2.45, 2.75) is 24.9 Å². The van der Waals surface area contributed by atoms with Crippen LogP contribution in [0.2, 0.25) is 0 Å². The molecule has 5 rings (SSSR count). The summed E-state index contributed by atoms with van der Waals surface area (Å²) >= 11 is 7.21. The molecule has 2 nitrogen and oxygen atoms in total. The summed E-state index contributed by atoms with van der Waals surface area (Å²) in [5, 5.41) is 0. The lowest BCUT2D eigenvalue weighted by molar-refractivity contribution is -0.0801. The van der Waals surface area contributed by atoms with Gasteiger partial charge in [0.2, 0.25) is 0 Å². The highest BCUT2D eigenvalue weighted by Gasteiger charge is 2.52. The van der Waals surface area contributed by atoms with E-state index in [9.17, 15) is 0 Å². The highest BCUT2D eigenvalue weighted by Crippen LogP contribution is 2.49. The standard InChI is InChI=1S/C14H15Br2NO/c15-11-5-9-7-14(18-13(9)12(16)6-11)8-17-3-1-10(14)2-4-17/h5-6,10H,1-4,7-8H2/t14-/m0/s1. The van der Waals surface area contributed by atoms with Gasteiger partial charge in [-0.3, -0.25) is 4.90 Å². The first-order valence-corrected chi connectivity index (χ1v) is 8.14. The van der Waals surface area contributed by atoms with E-state index in [-0.39, 0.29) is 5.60 Å². The number of benzene rings is 1. The van der Waals surface area contributed by atoms with Crippen LogP contribution in [0.3, 0.4) is 0 Å². The predicted octanol–water partition coefficient (Wildman–Crippen LogP) is 3.61. The summed E-state index contributed by atoms with van der Waals surface area (Å²) in [5.41, 5.74) is 1.41. The largest absolute Gasteiger partial charge is 0.484 e. The van der Waals surface area contributed by atoms with Gasteiger partial charge in [-0.1, -0.05) is 15.9 Å². The van der Waals surface area contributed by atoms with Gasteiger partial charge >= 0.3 is 0 Å². The molecule has 0 aliphatic carbocycles. The molecule has 2 bridgehead atoms. The van der Waals surface area contributed by atoms with Crippen LogP contribution in [0.5, 0.6) is 5.75 Å². The van der Waals surface area contributed by atoms with Crippen molar-refractivity contribution in [3.05, 3.63) is 26.6 Å². The lowest BCUT2D eigenvalue weighted by Crippen LogP contribution is -2.61. The van der Waals surface area contributed by atoms with Crippen LogP contribution >= 0.6 is 31.9 Å².